The number of rotatable bonds is 6. The number of benzene rings is 2. The number of thioether (sulfide) groups is 1. The van der Waals surface area contributed by atoms with E-state index in [1.54, 1.807) is 31.4 Å². The number of fused-ring (bicyclic) bond motifs is 3. The standard InChI is InChI=1S/C27H26ClNO5S/c1-32-24-22-16-11-13-21(35-4)20(30)14-18(16)19(29-27(31)15-8-6-5-7-9-15)12-10-17(22)23(28)25(33-2)26(24)34-3/h5-9,11,13-14,19H,10,12H2,1-4H3,(H,29,31)/t19-/m0/s1. The van der Waals surface area contributed by atoms with Gasteiger partial charge < -0.3 is 19.5 Å². The van der Waals surface area contributed by atoms with Crippen LogP contribution in [0, 0.1) is 0 Å². The molecular formula is C27H26ClNO5S. The van der Waals surface area contributed by atoms with E-state index in [4.69, 9.17) is 25.8 Å². The fourth-order valence-electron chi connectivity index (χ4n) is 4.52. The van der Waals surface area contributed by atoms with Crippen LogP contribution in [0.3, 0.4) is 0 Å². The van der Waals surface area contributed by atoms with Gasteiger partial charge in [-0.05, 0) is 60.1 Å². The molecule has 0 aromatic heterocycles. The first-order chi connectivity index (χ1) is 16.9. The number of amides is 1. The largest absolute Gasteiger partial charge is 0.492 e. The predicted molar refractivity (Wildman–Crippen MR) is 140 cm³/mol. The Kier molecular flexibility index (Phi) is 7.57. The van der Waals surface area contributed by atoms with Crippen LogP contribution in [0.2, 0.25) is 5.02 Å². The molecule has 0 saturated heterocycles. The van der Waals surface area contributed by atoms with E-state index in [1.165, 1.54) is 26.0 Å². The molecule has 0 bridgehead atoms. The minimum Gasteiger partial charge on any atom is -0.492 e. The molecule has 1 amide bonds. The van der Waals surface area contributed by atoms with Gasteiger partial charge in [0.15, 0.2) is 16.9 Å². The number of hydrogen-bond acceptors (Lipinski definition) is 6. The SMILES string of the molecule is COc1c(Cl)c2c(c(OC)c1OC)-c1ccc(SC)c(=O)cc1[C@@H](NC(=O)c1ccccc1)CC2. The topological polar surface area (TPSA) is 73.9 Å². The van der Waals surface area contributed by atoms with E-state index in [2.05, 4.69) is 5.32 Å². The lowest BCUT2D eigenvalue weighted by Crippen LogP contribution is -2.29. The van der Waals surface area contributed by atoms with Crippen LogP contribution < -0.4 is 25.0 Å². The van der Waals surface area contributed by atoms with Crippen LogP contribution in [-0.2, 0) is 6.42 Å². The summed E-state index contributed by atoms with van der Waals surface area (Å²) in [7, 11) is 4.60. The number of carbonyl (C=O) groups excluding carboxylic acids is 1. The fourth-order valence-corrected chi connectivity index (χ4v) is 5.34. The van der Waals surface area contributed by atoms with Gasteiger partial charge in [0.05, 0.1) is 37.3 Å². The van der Waals surface area contributed by atoms with Gasteiger partial charge in [0.25, 0.3) is 5.91 Å². The number of hydrogen-bond donors (Lipinski definition) is 1. The summed E-state index contributed by atoms with van der Waals surface area (Å²) < 4.78 is 17.0. The smallest absolute Gasteiger partial charge is 0.251 e. The summed E-state index contributed by atoms with van der Waals surface area (Å²) >= 11 is 8.21. The van der Waals surface area contributed by atoms with Crippen molar-refractivity contribution in [2.75, 3.05) is 27.6 Å². The Morgan fingerprint density at radius 1 is 1.00 bits per heavy atom. The molecule has 35 heavy (non-hydrogen) atoms. The van der Waals surface area contributed by atoms with Crippen molar-refractivity contribution in [3.8, 4) is 28.4 Å². The Labute approximate surface area is 213 Å². The van der Waals surface area contributed by atoms with Crippen LogP contribution in [0.4, 0.5) is 0 Å². The van der Waals surface area contributed by atoms with Gasteiger partial charge in [-0.15, -0.1) is 11.8 Å². The van der Waals surface area contributed by atoms with Crippen LogP contribution in [-0.4, -0.2) is 33.5 Å². The molecule has 0 aliphatic heterocycles. The second-order valence-corrected chi connectivity index (χ2v) is 9.20. The van der Waals surface area contributed by atoms with Crippen LogP contribution >= 0.6 is 23.4 Å². The van der Waals surface area contributed by atoms with Crippen molar-refractivity contribution in [2.24, 2.45) is 0 Å². The maximum absolute atomic E-state index is 13.1. The summed E-state index contributed by atoms with van der Waals surface area (Å²) in [5.74, 6) is 0.997. The lowest BCUT2D eigenvalue weighted by molar-refractivity contribution is 0.0935. The Balaban J connectivity index is 1.99. The van der Waals surface area contributed by atoms with Crippen molar-refractivity contribution in [3.05, 3.63) is 80.5 Å². The van der Waals surface area contributed by atoms with E-state index in [1.807, 2.05) is 30.5 Å². The second kappa shape index (κ2) is 10.6. The van der Waals surface area contributed by atoms with Gasteiger partial charge in [0.1, 0.15) is 0 Å². The Bertz CT molecular complexity index is 1330. The number of methoxy groups -OCH3 is 3. The number of halogens is 1. The van der Waals surface area contributed by atoms with Crippen molar-refractivity contribution in [1.82, 2.24) is 5.32 Å². The van der Waals surface area contributed by atoms with Gasteiger partial charge in [0, 0.05) is 11.1 Å². The van der Waals surface area contributed by atoms with Crippen molar-refractivity contribution in [3.63, 3.8) is 0 Å². The van der Waals surface area contributed by atoms with Crippen molar-refractivity contribution >= 4 is 29.3 Å². The highest BCUT2D eigenvalue weighted by atomic mass is 35.5. The van der Waals surface area contributed by atoms with Gasteiger partial charge in [-0.2, -0.15) is 0 Å². The van der Waals surface area contributed by atoms with Gasteiger partial charge in [-0.3, -0.25) is 9.59 Å². The molecular weight excluding hydrogens is 486 g/mol. The third-order valence-corrected chi connectivity index (χ3v) is 7.33. The van der Waals surface area contributed by atoms with Crippen LogP contribution in [0.25, 0.3) is 11.1 Å². The molecule has 1 N–H and O–H groups in total. The monoisotopic (exact) mass is 511 g/mol. The zero-order chi connectivity index (χ0) is 25.1. The highest BCUT2D eigenvalue weighted by molar-refractivity contribution is 7.98. The summed E-state index contributed by atoms with van der Waals surface area (Å²) in [6.45, 7) is 0. The van der Waals surface area contributed by atoms with Crippen LogP contribution in [0.5, 0.6) is 17.2 Å². The first-order valence-electron chi connectivity index (χ1n) is 11.0. The van der Waals surface area contributed by atoms with E-state index in [0.29, 0.717) is 51.1 Å². The molecule has 0 fully saturated rings. The van der Waals surface area contributed by atoms with E-state index in [-0.39, 0.29) is 11.3 Å². The van der Waals surface area contributed by atoms with Crippen LogP contribution in [0.1, 0.15) is 33.9 Å². The third-order valence-electron chi connectivity index (χ3n) is 6.15. The van der Waals surface area contributed by atoms with Gasteiger partial charge in [-0.25, -0.2) is 0 Å². The predicted octanol–water partition coefficient (Wildman–Crippen LogP) is 5.53. The number of nitrogens with one attached hydrogen (secondary N) is 1. The molecule has 3 aromatic carbocycles. The van der Waals surface area contributed by atoms with Gasteiger partial charge in [-0.1, -0.05) is 35.9 Å². The quantitative estimate of drug-likeness (QED) is 0.438. The summed E-state index contributed by atoms with van der Waals surface area (Å²) in [5, 5.41) is 3.54. The average Bonchev–Trinajstić information content (AvgIpc) is 3.13. The Morgan fingerprint density at radius 3 is 2.31 bits per heavy atom. The Morgan fingerprint density at radius 2 is 1.69 bits per heavy atom. The zero-order valence-electron chi connectivity index (χ0n) is 19.9. The highest BCUT2D eigenvalue weighted by Gasteiger charge is 2.32. The first kappa shape index (κ1) is 24.9. The summed E-state index contributed by atoms with van der Waals surface area (Å²) in [6, 6.07) is 13.9. The summed E-state index contributed by atoms with van der Waals surface area (Å²) in [5.41, 5.74) is 3.40. The molecule has 1 aliphatic carbocycles. The fraction of sp³-hybridized carbons (Fsp3) is 0.259. The average molecular weight is 512 g/mol. The summed E-state index contributed by atoms with van der Waals surface area (Å²) in [4.78, 5) is 26.8. The maximum Gasteiger partial charge on any atom is 0.251 e. The first-order valence-corrected chi connectivity index (χ1v) is 12.6. The molecule has 0 spiro atoms. The third kappa shape index (κ3) is 4.58. The molecule has 0 saturated carbocycles. The van der Waals surface area contributed by atoms with Crippen LogP contribution in [0.15, 0.2) is 58.2 Å². The molecule has 1 aliphatic rings. The van der Waals surface area contributed by atoms with Crippen molar-refractivity contribution in [2.45, 2.75) is 23.8 Å². The highest BCUT2D eigenvalue weighted by Crippen LogP contribution is 2.54. The number of ether oxygens (including phenoxy) is 3. The minimum absolute atomic E-state index is 0.119. The molecule has 3 aromatic rings. The molecule has 0 radical (unpaired) electrons. The van der Waals surface area contributed by atoms with E-state index in [9.17, 15) is 9.59 Å². The number of carbonyl (C=O) groups is 1. The normalized spacial score (nSPS) is 14.3. The Hall–Kier alpha value is -3.16. The second-order valence-electron chi connectivity index (χ2n) is 7.98. The van der Waals surface area contributed by atoms with Crippen molar-refractivity contribution in [1.29, 1.82) is 0 Å². The maximum atomic E-state index is 13.1. The lowest BCUT2D eigenvalue weighted by Gasteiger charge is -2.21. The molecule has 0 heterocycles. The van der Waals surface area contributed by atoms with E-state index in [0.717, 1.165) is 16.7 Å². The molecule has 182 valence electrons. The van der Waals surface area contributed by atoms with E-state index >= 15 is 0 Å². The molecule has 1 atom stereocenters. The van der Waals surface area contributed by atoms with Gasteiger partial charge >= 0.3 is 0 Å². The summed E-state index contributed by atoms with van der Waals surface area (Å²) in [6.07, 6.45) is 2.90. The van der Waals surface area contributed by atoms with Gasteiger partial charge in [0.2, 0.25) is 5.75 Å². The minimum atomic E-state index is -0.433. The zero-order valence-corrected chi connectivity index (χ0v) is 21.5. The van der Waals surface area contributed by atoms with Crippen molar-refractivity contribution < 1.29 is 19.0 Å². The lowest BCUT2D eigenvalue weighted by atomic mass is 9.95. The molecule has 0 unspecified atom stereocenters. The molecule has 4 rings (SSSR count). The molecule has 8 heteroatoms. The molecule has 6 nitrogen and oxygen atoms in total. The van der Waals surface area contributed by atoms with E-state index < -0.39 is 6.04 Å².